The van der Waals surface area contributed by atoms with Crippen LogP contribution >= 0.6 is 0 Å². The first-order valence-electron chi connectivity index (χ1n) is 19.0. The van der Waals surface area contributed by atoms with Gasteiger partial charge >= 0.3 is 0 Å². The van der Waals surface area contributed by atoms with Crippen molar-refractivity contribution in [2.75, 3.05) is 0 Å². The molecule has 0 radical (unpaired) electrons. The van der Waals surface area contributed by atoms with Gasteiger partial charge in [-0.15, -0.1) is 0 Å². The van der Waals surface area contributed by atoms with Gasteiger partial charge in [-0.2, -0.15) is 0 Å². The second-order valence-corrected chi connectivity index (χ2v) is 15.1. The van der Waals surface area contributed by atoms with Gasteiger partial charge in [0, 0.05) is 65.6 Å². The average Bonchev–Trinajstić information content (AvgIpc) is 3.95. The van der Waals surface area contributed by atoms with Crippen LogP contribution in [0.15, 0.2) is 190 Å². The Hall–Kier alpha value is -6.87. The minimum atomic E-state index is 0. The standard InChI is InChI=1S/C52H28N4.Pt/c1-2-10-30-18-38-37(17-29(30)9-1)45-25-47-39-19-31-11-3-4-12-32(31)20-40(39)49(54-47)27-51-43-23-35-15-7-8-16-36(35)24-44(43)52(56-51)28-50-42-22-34-14-6-5-13-33(34)21-41(42)48(55-50)26-46(38)53-45;/h1-28H;. The summed E-state index contributed by atoms with van der Waals surface area (Å²) < 4.78 is 0. The van der Waals surface area contributed by atoms with Crippen molar-refractivity contribution >= 4 is 88.7 Å². The number of rotatable bonds is 0. The molecule has 0 N–H and O–H groups in total. The van der Waals surface area contributed by atoms with Gasteiger partial charge in [-0.3, -0.25) is 0 Å². The summed E-state index contributed by atoms with van der Waals surface area (Å²) in [5.41, 5.74) is 15.9. The molecular formula is C52H28N4Pt. The van der Waals surface area contributed by atoms with Crippen LogP contribution in [-0.2, 0) is 21.1 Å². The van der Waals surface area contributed by atoms with Crippen LogP contribution in [0.2, 0.25) is 0 Å². The van der Waals surface area contributed by atoms with E-state index in [1.165, 1.54) is 43.1 Å². The van der Waals surface area contributed by atoms with Gasteiger partial charge in [0.05, 0.1) is 45.6 Å². The molecule has 5 aliphatic rings. The van der Waals surface area contributed by atoms with Gasteiger partial charge in [0.2, 0.25) is 0 Å². The van der Waals surface area contributed by atoms with E-state index in [9.17, 15) is 0 Å². The predicted octanol–water partition coefficient (Wildman–Crippen LogP) is 12.0. The topological polar surface area (TPSA) is 49.4 Å². The Kier molecular flexibility index (Phi) is 6.85. The zero-order valence-electron chi connectivity index (χ0n) is 30.3. The minimum absolute atomic E-state index is 0. The molecule has 0 aliphatic carbocycles. The molecule has 0 saturated heterocycles. The summed E-state index contributed by atoms with van der Waals surface area (Å²) in [5, 5.41) is 9.42. The molecule has 0 atom stereocenters. The van der Waals surface area contributed by atoms with E-state index in [-0.39, 0.29) is 21.1 Å². The molecular weight excluding hydrogens is 876 g/mol. The van der Waals surface area contributed by atoms with E-state index in [0.717, 1.165) is 90.1 Å². The van der Waals surface area contributed by atoms with E-state index in [0.29, 0.717) is 0 Å². The summed E-state index contributed by atoms with van der Waals surface area (Å²) in [7, 11) is 0. The minimum Gasteiger partial charge on any atom is -0.248 e. The molecule has 0 spiro atoms. The molecule has 4 nitrogen and oxygen atoms in total. The third-order valence-electron chi connectivity index (χ3n) is 11.8. The molecule has 5 heteroatoms. The Morgan fingerprint density at radius 2 is 0.404 bits per heavy atom. The fourth-order valence-electron chi connectivity index (χ4n) is 9.06. The number of fused-ring (bicyclic) bond motifs is 20. The SMILES string of the molecule is C1=C2N=C(C=C3N=C(C=C4N=C(C=C5N=C1c1cc6ccccc6cc15)c1cc5ccccc5cc14)c1cc4ccccc4cc13)c1cc3ccccc3cc12.[Pt]. The van der Waals surface area contributed by atoms with E-state index in [4.69, 9.17) is 20.0 Å². The van der Waals surface area contributed by atoms with Crippen LogP contribution in [0, 0.1) is 0 Å². The molecule has 8 aromatic carbocycles. The van der Waals surface area contributed by atoms with Crippen molar-refractivity contribution in [2.24, 2.45) is 20.0 Å². The third-order valence-corrected chi connectivity index (χ3v) is 11.8. The van der Waals surface area contributed by atoms with Crippen LogP contribution < -0.4 is 0 Å². The summed E-state index contributed by atoms with van der Waals surface area (Å²) in [6.45, 7) is 0. The smallest absolute Gasteiger partial charge is 0.0738 e. The van der Waals surface area contributed by atoms with E-state index in [1.54, 1.807) is 0 Å². The van der Waals surface area contributed by atoms with Crippen molar-refractivity contribution in [3.8, 4) is 0 Å². The van der Waals surface area contributed by atoms with Crippen molar-refractivity contribution in [1.29, 1.82) is 0 Å². The first kappa shape index (κ1) is 32.4. The van der Waals surface area contributed by atoms with Gasteiger partial charge in [0.1, 0.15) is 0 Å². The molecule has 0 aromatic heterocycles. The molecule has 8 bridgehead atoms. The Labute approximate surface area is 342 Å². The van der Waals surface area contributed by atoms with Crippen molar-refractivity contribution in [2.45, 2.75) is 0 Å². The molecule has 13 rings (SSSR count). The van der Waals surface area contributed by atoms with Crippen LogP contribution in [0.5, 0.6) is 0 Å². The van der Waals surface area contributed by atoms with Gasteiger partial charge in [-0.1, -0.05) is 97.1 Å². The second-order valence-electron chi connectivity index (χ2n) is 15.1. The van der Waals surface area contributed by atoms with Gasteiger partial charge in [0.25, 0.3) is 0 Å². The quantitative estimate of drug-likeness (QED) is 0.146. The maximum atomic E-state index is 5.41. The van der Waals surface area contributed by atoms with E-state index in [2.05, 4.69) is 170 Å². The summed E-state index contributed by atoms with van der Waals surface area (Å²) in [6, 6.07) is 52.4. The normalized spacial score (nSPS) is 15.7. The fraction of sp³-hybridized carbons (Fsp3) is 0. The van der Waals surface area contributed by atoms with Crippen molar-refractivity contribution in [3.63, 3.8) is 0 Å². The van der Waals surface area contributed by atoms with Gasteiger partial charge in [-0.25, -0.2) is 20.0 Å². The van der Waals surface area contributed by atoms with Crippen LogP contribution in [0.3, 0.4) is 0 Å². The molecule has 0 fully saturated rings. The van der Waals surface area contributed by atoms with Crippen LogP contribution in [-0.4, -0.2) is 22.8 Å². The second kappa shape index (κ2) is 12.1. The maximum Gasteiger partial charge on any atom is 0.0738 e. The van der Waals surface area contributed by atoms with Gasteiger partial charge < -0.3 is 0 Å². The van der Waals surface area contributed by atoms with Crippen molar-refractivity contribution in [1.82, 2.24) is 0 Å². The molecule has 5 heterocycles. The molecule has 0 saturated carbocycles. The zero-order chi connectivity index (χ0) is 36.5. The Morgan fingerprint density at radius 1 is 0.228 bits per heavy atom. The number of hydrogen-bond acceptors (Lipinski definition) is 4. The number of aliphatic imine (C=N–C) groups is 4. The number of hydrogen-bond donors (Lipinski definition) is 0. The molecule has 57 heavy (non-hydrogen) atoms. The van der Waals surface area contributed by atoms with E-state index < -0.39 is 0 Å². The number of benzene rings is 8. The largest absolute Gasteiger partial charge is 0.248 e. The molecule has 5 aliphatic heterocycles. The molecule has 0 unspecified atom stereocenters. The van der Waals surface area contributed by atoms with Gasteiger partial charge in [-0.05, 0) is 116 Å². The van der Waals surface area contributed by atoms with Crippen molar-refractivity contribution < 1.29 is 21.1 Å². The van der Waals surface area contributed by atoms with Crippen LogP contribution in [0.1, 0.15) is 44.5 Å². The van der Waals surface area contributed by atoms with Crippen LogP contribution in [0.25, 0.3) is 65.9 Å². The zero-order valence-corrected chi connectivity index (χ0v) is 32.5. The Balaban J connectivity index is 0.00000356. The Morgan fingerprint density at radius 3 is 0.596 bits per heavy atom. The predicted molar refractivity (Wildman–Crippen MR) is 234 cm³/mol. The van der Waals surface area contributed by atoms with Crippen LogP contribution in [0.4, 0.5) is 0 Å². The number of nitrogens with zero attached hydrogens (tertiary/aromatic N) is 4. The summed E-state index contributed by atoms with van der Waals surface area (Å²) in [5.74, 6) is 0. The maximum absolute atomic E-state index is 5.41. The van der Waals surface area contributed by atoms with E-state index >= 15 is 0 Å². The van der Waals surface area contributed by atoms with Crippen molar-refractivity contribution in [3.05, 3.63) is 214 Å². The molecule has 0 amide bonds. The summed E-state index contributed by atoms with van der Waals surface area (Å²) in [6.07, 6.45) is 8.70. The average molecular weight is 904 g/mol. The molecule has 266 valence electrons. The summed E-state index contributed by atoms with van der Waals surface area (Å²) in [4.78, 5) is 21.6. The summed E-state index contributed by atoms with van der Waals surface area (Å²) >= 11 is 0. The third kappa shape index (κ3) is 4.91. The number of allylic oxidation sites excluding steroid dienone is 4. The molecule has 8 aromatic rings. The first-order chi connectivity index (χ1) is 27.7. The fourth-order valence-corrected chi connectivity index (χ4v) is 9.06. The van der Waals surface area contributed by atoms with E-state index in [1.807, 2.05) is 0 Å². The van der Waals surface area contributed by atoms with Gasteiger partial charge in [0.15, 0.2) is 0 Å². The monoisotopic (exact) mass is 903 g/mol. The Bertz CT molecular complexity index is 2980. The first-order valence-corrected chi connectivity index (χ1v) is 19.0.